The fourth-order valence-corrected chi connectivity index (χ4v) is 4.49. The molecule has 3 rings (SSSR count). The Balaban J connectivity index is 1.71. The third kappa shape index (κ3) is 2.46. The highest BCUT2D eigenvalue weighted by atomic mass is 15.3. The predicted octanol–water partition coefficient (Wildman–Crippen LogP) is 3.12. The van der Waals surface area contributed by atoms with Crippen LogP contribution in [-0.4, -0.2) is 47.6 Å². The number of rotatable bonds is 2. The van der Waals surface area contributed by atoms with Crippen molar-refractivity contribution in [1.29, 1.82) is 0 Å². The van der Waals surface area contributed by atoms with Crippen LogP contribution in [0.1, 0.15) is 58.8 Å². The molecule has 2 heterocycles. The minimum absolute atomic E-state index is 0.813. The number of fused-ring (bicyclic) bond motifs is 1. The van der Waals surface area contributed by atoms with E-state index in [0.717, 1.165) is 24.0 Å². The molecule has 1 saturated carbocycles. The Morgan fingerprint density at radius 2 is 1.56 bits per heavy atom. The van der Waals surface area contributed by atoms with Crippen LogP contribution in [-0.2, 0) is 0 Å². The van der Waals surface area contributed by atoms with Gasteiger partial charge in [-0.1, -0.05) is 33.1 Å². The number of hydrogen-bond donors (Lipinski definition) is 0. The van der Waals surface area contributed by atoms with Gasteiger partial charge in [-0.15, -0.1) is 0 Å². The summed E-state index contributed by atoms with van der Waals surface area (Å²) in [6.07, 6.45) is 10.3. The standard InChI is InChI=1S/C16H30N2/c1-13(2)16-12-17-10-6-9-15(17)11-18(16)14-7-4-3-5-8-14/h13-16H,3-12H2,1-2H3. The van der Waals surface area contributed by atoms with Crippen molar-refractivity contribution >= 4 is 0 Å². The van der Waals surface area contributed by atoms with E-state index in [9.17, 15) is 0 Å². The van der Waals surface area contributed by atoms with Gasteiger partial charge in [-0.3, -0.25) is 9.80 Å². The highest BCUT2D eigenvalue weighted by Crippen LogP contribution is 2.33. The van der Waals surface area contributed by atoms with E-state index < -0.39 is 0 Å². The Morgan fingerprint density at radius 1 is 0.833 bits per heavy atom. The fraction of sp³-hybridized carbons (Fsp3) is 1.00. The first-order valence-corrected chi connectivity index (χ1v) is 8.25. The summed E-state index contributed by atoms with van der Waals surface area (Å²) in [6.45, 7) is 8.94. The summed E-state index contributed by atoms with van der Waals surface area (Å²) in [5.41, 5.74) is 0. The van der Waals surface area contributed by atoms with Crippen molar-refractivity contribution < 1.29 is 0 Å². The van der Waals surface area contributed by atoms with Crippen LogP contribution in [0.5, 0.6) is 0 Å². The number of nitrogens with zero attached hydrogens (tertiary/aromatic N) is 2. The fourth-order valence-electron chi connectivity index (χ4n) is 4.49. The van der Waals surface area contributed by atoms with Crippen LogP contribution >= 0.6 is 0 Å². The van der Waals surface area contributed by atoms with Gasteiger partial charge in [0.25, 0.3) is 0 Å². The van der Waals surface area contributed by atoms with Crippen molar-refractivity contribution in [3.63, 3.8) is 0 Å². The lowest BCUT2D eigenvalue weighted by molar-refractivity contribution is -0.00992. The molecule has 0 amide bonds. The lowest BCUT2D eigenvalue weighted by Gasteiger charge is -2.49. The molecular weight excluding hydrogens is 220 g/mol. The second-order valence-corrected chi connectivity index (χ2v) is 7.09. The normalized spacial score (nSPS) is 36.2. The van der Waals surface area contributed by atoms with Crippen molar-refractivity contribution in [1.82, 2.24) is 9.80 Å². The summed E-state index contributed by atoms with van der Waals surface area (Å²) >= 11 is 0. The summed E-state index contributed by atoms with van der Waals surface area (Å²) < 4.78 is 0. The van der Waals surface area contributed by atoms with Crippen molar-refractivity contribution in [2.24, 2.45) is 5.92 Å². The van der Waals surface area contributed by atoms with Gasteiger partial charge in [0.15, 0.2) is 0 Å². The SMILES string of the molecule is CC(C)C1CN2CCCC2CN1C1CCCCC1. The Morgan fingerprint density at radius 3 is 2.28 bits per heavy atom. The average molecular weight is 250 g/mol. The van der Waals surface area contributed by atoms with E-state index in [1.54, 1.807) is 0 Å². The smallest absolute Gasteiger partial charge is 0.0249 e. The van der Waals surface area contributed by atoms with E-state index in [-0.39, 0.29) is 0 Å². The van der Waals surface area contributed by atoms with E-state index >= 15 is 0 Å². The lowest BCUT2D eigenvalue weighted by Crippen LogP contribution is -2.60. The molecule has 2 unspecified atom stereocenters. The molecule has 104 valence electrons. The minimum Gasteiger partial charge on any atom is -0.298 e. The molecule has 18 heavy (non-hydrogen) atoms. The number of piperazine rings is 1. The van der Waals surface area contributed by atoms with Crippen molar-refractivity contribution in [3.05, 3.63) is 0 Å². The van der Waals surface area contributed by atoms with E-state index in [1.807, 2.05) is 0 Å². The molecule has 0 spiro atoms. The quantitative estimate of drug-likeness (QED) is 0.743. The van der Waals surface area contributed by atoms with Crippen molar-refractivity contribution in [2.75, 3.05) is 19.6 Å². The maximum Gasteiger partial charge on any atom is 0.0249 e. The van der Waals surface area contributed by atoms with Crippen molar-refractivity contribution in [3.8, 4) is 0 Å². The molecule has 2 aliphatic heterocycles. The molecule has 3 aliphatic rings. The number of hydrogen-bond acceptors (Lipinski definition) is 2. The van der Waals surface area contributed by atoms with Gasteiger partial charge >= 0.3 is 0 Å². The Bertz CT molecular complexity index is 270. The van der Waals surface area contributed by atoms with E-state index in [0.29, 0.717) is 0 Å². The second kappa shape index (κ2) is 5.50. The Labute approximate surface area is 113 Å². The molecule has 0 aromatic heterocycles. The molecule has 2 heteroatoms. The summed E-state index contributed by atoms with van der Waals surface area (Å²) in [4.78, 5) is 5.71. The molecule has 1 aliphatic carbocycles. The third-order valence-electron chi connectivity index (χ3n) is 5.58. The van der Waals surface area contributed by atoms with Gasteiger partial charge < -0.3 is 0 Å². The maximum absolute atomic E-state index is 2.93. The van der Waals surface area contributed by atoms with Crippen LogP contribution in [0, 0.1) is 5.92 Å². The molecule has 0 radical (unpaired) electrons. The summed E-state index contributed by atoms with van der Waals surface area (Å²) in [5.74, 6) is 0.813. The zero-order valence-electron chi connectivity index (χ0n) is 12.3. The van der Waals surface area contributed by atoms with E-state index in [1.165, 1.54) is 64.6 Å². The van der Waals surface area contributed by atoms with Crippen LogP contribution in [0.2, 0.25) is 0 Å². The monoisotopic (exact) mass is 250 g/mol. The van der Waals surface area contributed by atoms with E-state index in [2.05, 4.69) is 23.6 Å². The van der Waals surface area contributed by atoms with E-state index in [4.69, 9.17) is 0 Å². The summed E-state index contributed by atoms with van der Waals surface area (Å²) in [5, 5.41) is 0. The van der Waals surface area contributed by atoms with Gasteiger partial charge in [-0.05, 0) is 38.1 Å². The van der Waals surface area contributed by atoms with Gasteiger partial charge in [0, 0.05) is 31.2 Å². The molecule has 0 bridgehead atoms. The van der Waals surface area contributed by atoms with Crippen LogP contribution in [0.4, 0.5) is 0 Å². The highest BCUT2D eigenvalue weighted by molar-refractivity contribution is 4.96. The first-order chi connectivity index (χ1) is 8.75. The van der Waals surface area contributed by atoms with Gasteiger partial charge in [-0.25, -0.2) is 0 Å². The highest BCUT2D eigenvalue weighted by Gasteiger charge is 2.40. The van der Waals surface area contributed by atoms with Crippen LogP contribution < -0.4 is 0 Å². The maximum atomic E-state index is 2.93. The van der Waals surface area contributed by atoms with Crippen LogP contribution in [0.15, 0.2) is 0 Å². The van der Waals surface area contributed by atoms with Gasteiger partial charge in [0.1, 0.15) is 0 Å². The van der Waals surface area contributed by atoms with Gasteiger partial charge in [-0.2, -0.15) is 0 Å². The molecular formula is C16H30N2. The topological polar surface area (TPSA) is 6.48 Å². The summed E-state index contributed by atoms with van der Waals surface area (Å²) in [7, 11) is 0. The first kappa shape index (κ1) is 12.9. The summed E-state index contributed by atoms with van der Waals surface area (Å²) in [6, 6.07) is 2.62. The Hall–Kier alpha value is -0.0800. The molecule has 2 nitrogen and oxygen atoms in total. The molecule has 2 saturated heterocycles. The van der Waals surface area contributed by atoms with Gasteiger partial charge in [0.2, 0.25) is 0 Å². The van der Waals surface area contributed by atoms with Gasteiger partial charge in [0.05, 0.1) is 0 Å². The van der Waals surface area contributed by atoms with Crippen molar-refractivity contribution in [2.45, 2.75) is 76.9 Å². The van der Waals surface area contributed by atoms with Crippen LogP contribution in [0.3, 0.4) is 0 Å². The molecule has 0 aromatic rings. The lowest BCUT2D eigenvalue weighted by atomic mass is 9.89. The molecule has 0 aromatic carbocycles. The molecule has 0 N–H and O–H groups in total. The largest absolute Gasteiger partial charge is 0.298 e. The minimum atomic E-state index is 0.813. The first-order valence-electron chi connectivity index (χ1n) is 8.25. The third-order valence-corrected chi connectivity index (χ3v) is 5.58. The predicted molar refractivity (Wildman–Crippen MR) is 76.8 cm³/mol. The molecule has 2 atom stereocenters. The second-order valence-electron chi connectivity index (χ2n) is 7.09. The Kier molecular flexibility index (Phi) is 3.95. The zero-order chi connectivity index (χ0) is 12.5. The van der Waals surface area contributed by atoms with Crippen LogP contribution in [0.25, 0.3) is 0 Å². The zero-order valence-corrected chi connectivity index (χ0v) is 12.3. The average Bonchev–Trinajstić information content (AvgIpc) is 2.85. The molecule has 3 fully saturated rings.